The van der Waals surface area contributed by atoms with Crippen molar-refractivity contribution < 1.29 is 13.6 Å². The number of fused-ring (bicyclic) bond motifs is 1. The highest BCUT2D eigenvalue weighted by Crippen LogP contribution is 2.19. The number of carbonyl (C=O) groups is 1. The van der Waals surface area contributed by atoms with Crippen LogP contribution in [0.2, 0.25) is 0 Å². The van der Waals surface area contributed by atoms with E-state index in [1.807, 2.05) is 30.5 Å². The first kappa shape index (κ1) is 15.2. The highest BCUT2D eigenvalue weighted by molar-refractivity contribution is 5.88. The number of nitrogens with one attached hydrogen (secondary N) is 2. The number of carbonyl (C=O) groups excluding carboxylic acids is 1. The molecule has 23 heavy (non-hydrogen) atoms. The first-order valence-electron chi connectivity index (χ1n) is 7.34. The molecule has 3 aromatic rings. The minimum Gasteiger partial charge on any atom is -0.361 e. The van der Waals surface area contributed by atoms with E-state index >= 15 is 0 Å². The molecule has 0 saturated heterocycles. The number of aromatic amines is 1. The van der Waals surface area contributed by atoms with E-state index in [0.29, 0.717) is 5.56 Å². The first-order valence-corrected chi connectivity index (χ1v) is 7.34. The number of hydrogen-bond donors (Lipinski definition) is 2. The van der Waals surface area contributed by atoms with Crippen molar-refractivity contribution in [1.29, 1.82) is 0 Å². The molecule has 0 aliphatic heterocycles. The summed E-state index contributed by atoms with van der Waals surface area (Å²) >= 11 is 0. The molecule has 0 spiro atoms. The monoisotopic (exact) mass is 314 g/mol. The third-order valence-electron chi connectivity index (χ3n) is 3.85. The summed E-state index contributed by atoms with van der Waals surface area (Å²) in [5.74, 6) is -1.99. The summed E-state index contributed by atoms with van der Waals surface area (Å²) in [6.45, 7) is 1.74. The zero-order valence-electron chi connectivity index (χ0n) is 12.6. The fraction of sp³-hybridized carbons (Fsp3) is 0.167. The van der Waals surface area contributed by atoms with E-state index in [1.165, 1.54) is 6.07 Å². The molecule has 3 nitrogen and oxygen atoms in total. The lowest BCUT2D eigenvalue weighted by Crippen LogP contribution is -2.28. The van der Waals surface area contributed by atoms with E-state index in [2.05, 4.69) is 10.3 Å². The molecule has 2 N–H and O–H groups in total. The Hall–Kier alpha value is -2.69. The number of aromatic nitrogens is 1. The van der Waals surface area contributed by atoms with Crippen LogP contribution in [0.4, 0.5) is 8.78 Å². The van der Waals surface area contributed by atoms with Crippen LogP contribution in [-0.2, 0) is 11.2 Å². The third-order valence-corrected chi connectivity index (χ3v) is 3.85. The molecule has 0 unspecified atom stereocenters. The van der Waals surface area contributed by atoms with Crippen LogP contribution in [0.3, 0.4) is 0 Å². The van der Waals surface area contributed by atoms with Crippen molar-refractivity contribution in [2.75, 3.05) is 0 Å². The van der Waals surface area contributed by atoms with Gasteiger partial charge in [0.2, 0.25) is 5.91 Å². The number of hydrogen-bond acceptors (Lipinski definition) is 1. The Balaban J connectivity index is 1.70. The van der Waals surface area contributed by atoms with Gasteiger partial charge in [0.15, 0.2) is 11.6 Å². The first-order chi connectivity index (χ1) is 11.0. The summed E-state index contributed by atoms with van der Waals surface area (Å²) in [6.07, 6.45) is 2.03. The maximum absolute atomic E-state index is 13.3. The summed E-state index contributed by atoms with van der Waals surface area (Å²) in [5, 5.41) is 3.81. The van der Waals surface area contributed by atoms with Gasteiger partial charge in [0.05, 0.1) is 12.5 Å². The van der Waals surface area contributed by atoms with E-state index in [-0.39, 0.29) is 12.3 Å². The maximum atomic E-state index is 13.3. The van der Waals surface area contributed by atoms with E-state index < -0.39 is 17.7 Å². The lowest BCUT2D eigenvalue weighted by Gasteiger charge is -2.14. The summed E-state index contributed by atoms with van der Waals surface area (Å²) in [6, 6.07) is 11.0. The predicted molar refractivity (Wildman–Crippen MR) is 84.9 cm³/mol. The van der Waals surface area contributed by atoms with Crippen molar-refractivity contribution in [2.24, 2.45) is 0 Å². The quantitative estimate of drug-likeness (QED) is 0.754. The Morgan fingerprint density at radius 2 is 1.96 bits per heavy atom. The molecule has 1 atom stereocenters. The summed E-state index contributed by atoms with van der Waals surface area (Å²) in [7, 11) is 0. The molecule has 0 bridgehead atoms. The molecule has 118 valence electrons. The van der Waals surface area contributed by atoms with Crippen molar-refractivity contribution in [2.45, 2.75) is 19.4 Å². The molecular formula is C18H16F2N2O. The van der Waals surface area contributed by atoms with E-state index in [1.54, 1.807) is 6.92 Å². The molecule has 0 aliphatic carbocycles. The number of amides is 1. The predicted octanol–water partition coefficient (Wildman–Crippen LogP) is 3.87. The number of rotatable bonds is 4. The zero-order valence-corrected chi connectivity index (χ0v) is 12.6. The Labute approximate surface area is 132 Å². The number of para-hydroxylation sites is 1. The maximum Gasteiger partial charge on any atom is 0.224 e. The average molecular weight is 314 g/mol. The molecule has 3 rings (SSSR count). The van der Waals surface area contributed by atoms with Gasteiger partial charge in [-0.25, -0.2) is 8.78 Å². The lowest BCUT2D eigenvalue weighted by atomic mass is 10.1. The van der Waals surface area contributed by atoms with Gasteiger partial charge in [-0.15, -0.1) is 0 Å². The van der Waals surface area contributed by atoms with Gasteiger partial charge < -0.3 is 10.3 Å². The second kappa shape index (κ2) is 6.20. The van der Waals surface area contributed by atoms with Gasteiger partial charge in [0, 0.05) is 17.1 Å². The van der Waals surface area contributed by atoms with Crippen LogP contribution in [0.25, 0.3) is 10.9 Å². The number of benzene rings is 2. The zero-order chi connectivity index (χ0) is 16.4. The second-order valence-electron chi connectivity index (χ2n) is 5.50. The van der Waals surface area contributed by atoms with E-state index in [9.17, 15) is 13.6 Å². The van der Waals surface area contributed by atoms with Crippen LogP contribution in [0.15, 0.2) is 48.7 Å². The molecular weight excluding hydrogens is 298 g/mol. The Bertz CT molecular complexity index is 857. The van der Waals surface area contributed by atoms with Crippen molar-refractivity contribution >= 4 is 16.8 Å². The van der Waals surface area contributed by atoms with Gasteiger partial charge in [-0.3, -0.25) is 4.79 Å². The van der Waals surface area contributed by atoms with Crippen molar-refractivity contribution in [3.8, 4) is 0 Å². The molecule has 1 amide bonds. The van der Waals surface area contributed by atoms with Crippen LogP contribution in [0.1, 0.15) is 24.1 Å². The highest BCUT2D eigenvalue weighted by atomic mass is 19.2. The molecule has 0 aliphatic rings. The van der Waals surface area contributed by atoms with Crippen LogP contribution in [-0.4, -0.2) is 10.9 Å². The fourth-order valence-electron chi connectivity index (χ4n) is 2.61. The Kier molecular flexibility index (Phi) is 4.10. The minimum absolute atomic E-state index is 0.174. The lowest BCUT2D eigenvalue weighted by molar-refractivity contribution is -0.121. The van der Waals surface area contributed by atoms with Crippen molar-refractivity contribution in [3.05, 3.63) is 71.4 Å². The normalized spacial score (nSPS) is 12.3. The molecule has 1 aromatic heterocycles. The molecule has 0 fully saturated rings. The minimum atomic E-state index is -0.916. The topological polar surface area (TPSA) is 44.9 Å². The Morgan fingerprint density at radius 3 is 2.74 bits per heavy atom. The summed E-state index contributed by atoms with van der Waals surface area (Å²) in [5.41, 5.74) is 2.40. The number of H-pyrrole nitrogens is 1. The summed E-state index contributed by atoms with van der Waals surface area (Å²) < 4.78 is 26.2. The molecule has 0 saturated carbocycles. The molecule has 0 radical (unpaired) electrons. The molecule has 1 heterocycles. The fourth-order valence-corrected chi connectivity index (χ4v) is 2.61. The average Bonchev–Trinajstić information content (AvgIpc) is 2.93. The second-order valence-corrected chi connectivity index (χ2v) is 5.50. The Morgan fingerprint density at radius 1 is 1.17 bits per heavy atom. The third kappa shape index (κ3) is 3.23. The smallest absolute Gasteiger partial charge is 0.224 e. The van der Waals surface area contributed by atoms with Crippen LogP contribution in [0, 0.1) is 11.6 Å². The van der Waals surface area contributed by atoms with E-state index in [0.717, 1.165) is 28.6 Å². The standard InChI is InChI=1S/C18H16F2N2O/c1-11(12-6-7-15(19)16(20)8-12)22-18(23)9-13-10-21-17-5-3-2-4-14(13)17/h2-8,10-11,21H,9H2,1H3,(H,22,23)/t11-/m1/s1. The SMILES string of the molecule is C[C@@H](NC(=O)Cc1c[nH]c2ccccc12)c1ccc(F)c(F)c1. The van der Waals surface area contributed by atoms with Crippen molar-refractivity contribution in [3.63, 3.8) is 0 Å². The van der Waals surface area contributed by atoms with Gasteiger partial charge in [-0.05, 0) is 36.2 Å². The van der Waals surface area contributed by atoms with Gasteiger partial charge in [0.25, 0.3) is 0 Å². The largest absolute Gasteiger partial charge is 0.361 e. The van der Waals surface area contributed by atoms with Crippen LogP contribution in [0.5, 0.6) is 0 Å². The molecule has 5 heteroatoms. The van der Waals surface area contributed by atoms with Gasteiger partial charge >= 0.3 is 0 Å². The van der Waals surface area contributed by atoms with Gasteiger partial charge in [-0.1, -0.05) is 24.3 Å². The van der Waals surface area contributed by atoms with Gasteiger partial charge in [-0.2, -0.15) is 0 Å². The van der Waals surface area contributed by atoms with Crippen molar-refractivity contribution in [1.82, 2.24) is 10.3 Å². The molecule has 2 aromatic carbocycles. The highest BCUT2D eigenvalue weighted by Gasteiger charge is 2.14. The number of halogens is 2. The summed E-state index contributed by atoms with van der Waals surface area (Å²) in [4.78, 5) is 15.3. The van der Waals surface area contributed by atoms with E-state index in [4.69, 9.17) is 0 Å². The van der Waals surface area contributed by atoms with Gasteiger partial charge in [0.1, 0.15) is 0 Å². The van der Waals surface area contributed by atoms with Crippen LogP contribution >= 0.6 is 0 Å². The van der Waals surface area contributed by atoms with Crippen LogP contribution < -0.4 is 5.32 Å².